The molecule has 1 amide bonds. The number of aromatic nitrogens is 2. The Morgan fingerprint density at radius 2 is 2.17 bits per heavy atom. The predicted octanol–water partition coefficient (Wildman–Crippen LogP) is 1.78. The van der Waals surface area contributed by atoms with Crippen LogP contribution in [0.2, 0.25) is 5.02 Å². The van der Waals surface area contributed by atoms with Crippen LogP contribution < -0.4 is 16.2 Å². The van der Waals surface area contributed by atoms with Crippen molar-refractivity contribution >= 4 is 28.6 Å². The first-order valence-corrected chi connectivity index (χ1v) is 8.33. The van der Waals surface area contributed by atoms with Gasteiger partial charge < -0.3 is 15.7 Å². The Hall–Kier alpha value is -2.12. The predicted molar refractivity (Wildman–Crippen MR) is 91.9 cm³/mol. The van der Waals surface area contributed by atoms with E-state index >= 15 is 0 Å². The molecule has 0 radical (unpaired) electrons. The maximum Gasteiger partial charge on any atom is 0.404 e. The number of carboxylic acid groups (broad SMARTS) is 1. The number of amides is 1. The first-order chi connectivity index (χ1) is 11.6. The highest BCUT2D eigenvalue weighted by molar-refractivity contribution is 6.35. The molecule has 0 aliphatic carbocycles. The molecule has 0 bridgehead atoms. The van der Waals surface area contributed by atoms with Crippen molar-refractivity contribution < 1.29 is 9.90 Å². The van der Waals surface area contributed by atoms with Gasteiger partial charge in [-0.05, 0) is 38.1 Å². The maximum absolute atomic E-state index is 13.0. The van der Waals surface area contributed by atoms with Gasteiger partial charge in [-0.2, -0.15) is 0 Å². The molecule has 2 aromatic rings. The summed E-state index contributed by atoms with van der Waals surface area (Å²) in [7, 11) is 0. The molecule has 0 atom stereocenters. The minimum Gasteiger partial charge on any atom is -0.465 e. The first-order valence-electron chi connectivity index (χ1n) is 7.95. The van der Waals surface area contributed by atoms with E-state index in [0.29, 0.717) is 28.2 Å². The van der Waals surface area contributed by atoms with Gasteiger partial charge in [0.15, 0.2) is 0 Å². The SMILES string of the molecule is O=C(O)NCCc1nc2cccc(Cl)c2c(=O)n1C1CCNCC1. The summed E-state index contributed by atoms with van der Waals surface area (Å²) >= 11 is 6.22. The summed E-state index contributed by atoms with van der Waals surface area (Å²) in [6.45, 7) is 1.88. The van der Waals surface area contributed by atoms with Crippen LogP contribution in [-0.2, 0) is 6.42 Å². The van der Waals surface area contributed by atoms with E-state index < -0.39 is 6.09 Å². The van der Waals surface area contributed by atoms with Crippen molar-refractivity contribution in [3.8, 4) is 0 Å². The number of benzene rings is 1. The number of piperidine rings is 1. The number of nitrogens with one attached hydrogen (secondary N) is 2. The lowest BCUT2D eigenvalue weighted by molar-refractivity contribution is 0.194. The van der Waals surface area contributed by atoms with E-state index in [1.165, 1.54) is 0 Å². The van der Waals surface area contributed by atoms with Crippen LogP contribution in [0.4, 0.5) is 4.79 Å². The standard InChI is InChI=1S/C16H19ClN4O3/c17-11-2-1-3-12-14(11)15(22)21(10-4-7-18-8-5-10)13(20-12)6-9-19-16(23)24/h1-3,10,18-19H,4-9H2,(H,23,24). The van der Waals surface area contributed by atoms with Crippen LogP contribution in [0.25, 0.3) is 10.9 Å². The van der Waals surface area contributed by atoms with Crippen LogP contribution in [0.15, 0.2) is 23.0 Å². The number of halogens is 1. The van der Waals surface area contributed by atoms with Crippen LogP contribution in [0, 0.1) is 0 Å². The van der Waals surface area contributed by atoms with Gasteiger partial charge in [-0.1, -0.05) is 17.7 Å². The topological polar surface area (TPSA) is 96.2 Å². The molecule has 1 aromatic heterocycles. The fourth-order valence-corrected chi connectivity index (χ4v) is 3.40. The number of nitrogens with zero attached hydrogens (tertiary/aromatic N) is 2. The molecule has 0 unspecified atom stereocenters. The second-order valence-corrected chi connectivity index (χ2v) is 6.21. The molecule has 128 valence electrons. The van der Waals surface area contributed by atoms with Crippen molar-refractivity contribution in [3.63, 3.8) is 0 Å². The van der Waals surface area contributed by atoms with E-state index in [0.717, 1.165) is 25.9 Å². The molecule has 1 fully saturated rings. The van der Waals surface area contributed by atoms with Crippen molar-refractivity contribution in [2.24, 2.45) is 0 Å². The van der Waals surface area contributed by atoms with E-state index in [-0.39, 0.29) is 18.1 Å². The van der Waals surface area contributed by atoms with E-state index in [1.807, 2.05) is 0 Å². The third-order valence-electron chi connectivity index (χ3n) is 4.25. The van der Waals surface area contributed by atoms with Gasteiger partial charge in [0.05, 0.1) is 15.9 Å². The van der Waals surface area contributed by atoms with Gasteiger partial charge in [0, 0.05) is 19.0 Å². The molecule has 24 heavy (non-hydrogen) atoms. The van der Waals surface area contributed by atoms with Gasteiger partial charge in [0.25, 0.3) is 5.56 Å². The van der Waals surface area contributed by atoms with E-state index in [1.54, 1.807) is 22.8 Å². The molecule has 8 heteroatoms. The van der Waals surface area contributed by atoms with Crippen LogP contribution in [0.1, 0.15) is 24.7 Å². The summed E-state index contributed by atoms with van der Waals surface area (Å²) in [5, 5.41) is 15.2. The number of fused-ring (bicyclic) bond motifs is 1. The molecule has 1 aliphatic rings. The summed E-state index contributed by atoms with van der Waals surface area (Å²) in [4.78, 5) is 28.3. The monoisotopic (exact) mass is 350 g/mol. The fraction of sp³-hybridized carbons (Fsp3) is 0.438. The highest BCUT2D eigenvalue weighted by Gasteiger charge is 2.22. The van der Waals surface area contributed by atoms with Crippen molar-refractivity contribution in [2.45, 2.75) is 25.3 Å². The van der Waals surface area contributed by atoms with Crippen LogP contribution in [-0.4, -0.2) is 40.4 Å². The van der Waals surface area contributed by atoms with Gasteiger partial charge in [-0.25, -0.2) is 9.78 Å². The number of rotatable bonds is 4. The largest absolute Gasteiger partial charge is 0.465 e. The maximum atomic E-state index is 13.0. The lowest BCUT2D eigenvalue weighted by atomic mass is 10.1. The lowest BCUT2D eigenvalue weighted by Gasteiger charge is -2.27. The second kappa shape index (κ2) is 7.19. The van der Waals surface area contributed by atoms with E-state index in [9.17, 15) is 9.59 Å². The summed E-state index contributed by atoms with van der Waals surface area (Å²) < 4.78 is 1.71. The van der Waals surface area contributed by atoms with Gasteiger partial charge >= 0.3 is 6.09 Å². The van der Waals surface area contributed by atoms with Crippen LogP contribution >= 0.6 is 11.6 Å². The third kappa shape index (κ3) is 3.37. The average Bonchev–Trinajstić information content (AvgIpc) is 2.55. The Bertz CT molecular complexity index is 815. The zero-order valence-electron chi connectivity index (χ0n) is 13.1. The minimum atomic E-state index is -1.09. The van der Waals surface area contributed by atoms with Gasteiger partial charge in [-0.3, -0.25) is 9.36 Å². The van der Waals surface area contributed by atoms with Crippen molar-refractivity contribution in [3.05, 3.63) is 39.4 Å². The molecule has 3 N–H and O–H groups in total. The summed E-state index contributed by atoms with van der Waals surface area (Å²) in [6, 6.07) is 5.24. The Kier molecular flexibility index (Phi) is 5.01. The summed E-state index contributed by atoms with van der Waals surface area (Å²) in [5.41, 5.74) is 0.394. The average molecular weight is 351 g/mol. The molecule has 1 saturated heterocycles. The number of carbonyl (C=O) groups is 1. The molecule has 3 rings (SSSR count). The van der Waals surface area contributed by atoms with Gasteiger partial charge in [-0.15, -0.1) is 0 Å². The molecule has 1 aromatic carbocycles. The third-order valence-corrected chi connectivity index (χ3v) is 4.57. The molecular weight excluding hydrogens is 332 g/mol. The zero-order chi connectivity index (χ0) is 17.1. The van der Waals surface area contributed by atoms with Crippen molar-refractivity contribution in [1.29, 1.82) is 0 Å². The highest BCUT2D eigenvalue weighted by atomic mass is 35.5. The number of hydrogen-bond donors (Lipinski definition) is 3. The Morgan fingerprint density at radius 1 is 1.42 bits per heavy atom. The van der Waals surface area contributed by atoms with Crippen LogP contribution in [0.3, 0.4) is 0 Å². The zero-order valence-corrected chi connectivity index (χ0v) is 13.8. The summed E-state index contributed by atoms with van der Waals surface area (Å²) in [5.74, 6) is 0.593. The molecule has 7 nitrogen and oxygen atoms in total. The fourth-order valence-electron chi connectivity index (χ4n) is 3.15. The van der Waals surface area contributed by atoms with Gasteiger partial charge in [0.1, 0.15) is 5.82 Å². The second-order valence-electron chi connectivity index (χ2n) is 5.80. The quantitative estimate of drug-likeness (QED) is 0.781. The normalized spacial score (nSPS) is 15.5. The first kappa shape index (κ1) is 16.7. The molecule has 0 saturated carbocycles. The molecule has 1 aliphatic heterocycles. The molecule has 0 spiro atoms. The minimum absolute atomic E-state index is 0.0479. The lowest BCUT2D eigenvalue weighted by Crippen LogP contribution is -2.37. The van der Waals surface area contributed by atoms with Gasteiger partial charge in [0.2, 0.25) is 0 Å². The summed E-state index contributed by atoms with van der Waals surface area (Å²) in [6.07, 6.45) is 0.927. The van der Waals surface area contributed by atoms with E-state index in [4.69, 9.17) is 16.7 Å². The smallest absolute Gasteiger partial charge is 0.404 e. The molecule has 2 heterocycles. The van der Waals surface area contributed by atoms with E-state index in [2.05, 4.69) is 15.6 Å². The molecular formula is C16H19ClN4O3. The van der Waals surface area contributed by atoms with Crippen LogP contribution in [0.5, 0.6) is 0 Å². The van der Waals surface area contributed by atoms with Crippen molar-refractivity contribution in [1.82, 2.24) is 20.2 Å². The van der Waals surface area contributed by atoms with Crippen molar-refractivity contribution in [2.75, 3.05) is 19.6 Å². The highest BCUT2D eigenvalue weighted by Crippen LogP contribution is 2.23. The number of hydrogen-bond acceptors (Lipinski definition) is 4. The Labute approximate surface area is 143 Å². The Morgan fingerprint density at radius 3 is 2.88 bits per heavy atom. The Balaban J connectivity index is 2.08.